The Kier molecular flexibility index (Phi) is 3.85. The predicted molar refractivity (Wildman–Crippen MR) is 88.9 cm³/mol. The van der Waals surface area contributed by atoms with Crippen molar-refractivity contribution in [3.8, 4) is 0 Å². The molecule has 0 amide bonds. The van der Waals surface area contributed by atoms with Gasteiger partial charge in [-0.25, -0.2) is 8.42 Å². The maximum absolute atomic E-state index is 12.7. The highest BCUT2D eigenvalue weighted by Crippen LogP contribution is 2.34. The van der Waals surface area contributed by atoms with E-state index >= 15 is 0 Å². The summed E-state index contributed by atoms with van der Waals surface area (Å²) >= 11 is 4.65. The molecule has 2 heterocycles. The minimum absolute atomic E-state index is 0.386. The fourth-order valence-electron chi connectivity index (χ4n) is 2.44. The highest BCUT2D eigenvalue weighted by atomic mass is 79.9. The molecule has 3 rings (SSSR count). The van der Waals surface area contributed by atoms with Gasteiger partial charge in [0.2, 0.25) is 0 Å². The summed E-state index contributed by atoms with van der Waals surface area (Å²) in [6, 6.07) is 7.44. The maximum Gasteiger partial charge on any atom is 0.252 e. The molecule has 1 aliphatic heterocycles. The molecule has 4 nitrogen and oxygen atoms in total. The van der Waals surface area contributed by atoms with Crippen LogP contribution in [-0.4, -0.2) is 19.3 Å². The van der Waals surface area contributed by atoms with Gasteiger partial charge in [0, 0.05) is 18.8 Å². The van der Waals surface area contributed by atoms with Crippen molar-refractivity contribution >= 4 is 43.0 Å². The van der Waals surface area contributed by atoms with Gasteiger partial charge >= 0.3 is 0 Å². The van der Waals surface area contributed by atoms with E-state index in [0.717, 1.165) is 21.3 Å². The van der Waals surface area contributed by atoms with Gasteiger partial charge < -0.3 is 5.73 Å². The molecule has 1 aromatic carbocycles. The second-order valence-corrected chi connectivity index (χ2v) is 9.67. The number of rotatable bonds is 2. The lowest BCUT2D eigenvalue weighted by Crippen LogP contribution is -2.35. The second kappa shape index (κ2) is 5.39. The first-order chi connectivity index (χ1) is 9.88. The van der Waals surface area contributed by atoms with Crippen LogP contribution in [-0.2, 0) is 23.0 Å². The molecule has 0 spiro atoms. The summed E-state index contributed by atoms with van der Waals surface area (Å²) in [6.45, 7) is 2.79. The largest absolute Gasteiger partial charge is 0.399 e. The summed E-state index contributed by atoms with van der Waals surface area (Å²) < 4.78 is 28.2. The Hall–Kier alpha value is -0.890. The molecule has 1 aliphatic rings. The van der Waals surface area contributed by atoms with Gasteiger partial charge in [-0.1, -0.05) is 6.07 Å². The molecule has 2 N–H and O–H groups in total. The molecule has 0 saturated heterocycles. The third-order valence-electron chi connectivity index (χ3n) is 3.64. The number of nitrogens with zero attached hydrogens (tertiary/aromatic N) is 1. The first-order valence-electron chi connectivity index (χ1n) is 6.51. The van der Waals surface area contributed by atoms with Crippen LogP contribution in [0.2, 0.25) is 0 Å². The first kappa shape index (κ1) is 15.0. The van der Waals surface area contributed by atoms with Gasteiger partial charge in [-0.3, -0.25) is 0 Å². The zero-order valence-electron chi connectivity index (χ0n) is 11.5. The minimum Gasteiger partial charge on any atom is -0.399 e. The molecule has 21 heavy (non-hydrogen) atoms. The van der Waals surface area contributed by atoms with Gasteiger partial charge in [-0.05, 0) is 64.2 Å². The van der Waals surface area contributed by atoms with Crippen molar-refractivity contribution in [3.05, 3.63) is 44.7 Å². The van der Waals surface area contributed by atoms with E-state index in [1.165, 1.54) is 21.2 Å². The maximum atomic E-state index is 12.7. The first-order valence-corrected chi connectivity index (χ1v) is 9.56. The van der Waals surface area contributed by atoms with E-state index in [0.29, 0.717) is 23.0 Å². The molecule has 0 saturated carbocycles. The van der Waals surface area contributed by atoms with Crippen molar-refractivity contribution in [2.24, 2.45) is 0 Å². The summed E-state index contributed by atoms with van der Waals surface area (Å²) in [7, 11) is -3.44. The van der Waals surface area contributed by atoms with E-state index in [9.17, 15) is 8.42 Å². The van der Waals surface area contributed by atoms with Gasteiger partial charge in [-0.15, -0.1) is 11.3 Å². The third kappa shape index (κ3) is 2.75. The van der Waals surface area contributed by atoms with Crippen LogP contribution in [0, 0.1) is 6.92 Å². The van der Waals surface area contributed by atoms with E-state index in [1.807, 2.05) is 25.1 Å². The van der Waals surface area contributed by atoms with Crippen LogP contribution in [0.5, 0.6) is 0 Å². The topological polar surface area (TPSA) is 63.4 Å². The van der Waals surface area contributed by atoms with E-state index in [-0.39, 0.29) is 0 Å². The number of hydrogen-bond acceptors (Lipinski definition) is 4. The summed E-state index contributed by atoms with van der Waals surface area (Å²) in [5.74, 6) is 0. The molecule has 0 bridgehead atoms. The van der Waals surface area contributed by atoms with Crippen LogP contribution in [0.15, 0.2) is 32.3 Å². The van der Waals surface area contributed by atoms with E-state index in [2.05, 4.69) is 15.9 Å². The van der Waals surface area contributed by atoms with Crippen LogP contribution in [0.25, 0.3) is 0 Å². The van der Waals surface area contributed by atoms with Crippen molar-refractivity contribution in [2.75, 3.05) is 12.3 Å². The number of sulfonamides is 1. The fourth-order valence-corrected chi connectivity index (χ4v) is 6.24. The predicted octanol–water partition coefficient (Wildman–Crippen LogP) is 3.15. The van der Waals surface area contributed by atoms with Crippen molar-refractivity contribution in [1.82, 2.24) is 4.31 Å². The van der Waals surface area contributed by atoms with Gasteiger partial charge in [0.25, 0.3) is 10.0 Å². The van der Waals surface area contributed by atoms with Gasteiger partial charge in [0.05, 0.1) is 3.79 Å². The van der Waals surface area contributed by atoms with Crippen LogP contribution in [0.3, 0.4) is 0 Å². The molecular weight excluding hydrogens is 372 g/mol. The lowest BCUT2D eigenvalue weighted by Gasteiger charge is -2.27. The van der Waals surface area contributed by atoms with Crippen LogP contribution >= 0.6 is 27.3 Å². The third-order valence-corrected chi connectivity index (χ3v) is 8.07. The lowest BCUT2D eigenvalue weighted by atomic mass is 10.0. The molecule has 0 fully saturated rings. The Morgan fingerprint density at radius 2 is 2.05 bits per heavy atom. The quantitative estimate of drug-likeness (QED) is 0.806. The average molecular weight is 387 g/mol. The van der Waals surface area contributed by atoms with Crippen LogP contribution < -0.4 is 5.73 Å². The highest BCUT2D eigenvalue weighted by Gasteiger charge is 2.30. The molecule has 112 valence electrons. The average Bonchev–Trinajstić information content (AvgIpc) is 2.78. The zero-order chi connectivity index (χ0) is 15.2. The standard InChI is InChI=1S/C14H15BrN2O2S2/c1-9-6-13(20-14(9)15)21(18,19)17-5-4-10-2-3-12(16)7-11(10)8-17/h2-3,6-7H,4-5,8,16H2,1H3. The van der Waals surface area contributed by atoms with Gasteiger partial charge in [0.15, 0.2) is 0 Å². The van der Waals surface area contributed by atoms with Gasteiger partial charge in [0.1, 0.15) is 4.21 Å². The Bertz CT molecular complexity index is 780. The van der Waals surface area contributed by atoms with Gasteiger partial charge in [-0.2, -0.15) is 4.31 Å². The summed E-state index contributed by atoms with van der Waals surface area (Å²) in [4.78, 5) is 0. The molecular formula is C14H15BrN2O2S2. The summed E-state index contributed by atoms with van der Waals surface area (Å²) in [5.41, 5.74) is 9.59. The number of benzene rings is 1. The molecule has 0 unspecified atom stereocenters. The number of hydrogen-bond donors (Lipinski definition) is 1. The van der Waals surface area contributed by atoms with Crippen molar-refractivity contribution in [3.63, 3.8) is 0 Å². The Balaban J connectivity index is 1.94. The number of aryl methyl sites for hydroxylation is 1. The number of nitrogen functional groups attached to an aromatic ring is 1. The number of anilines is 1. The normalized spacial score (nSPS) is 15.9. The summed E-state index contributed by atoms with van der Waals surface area (Å²) in [6.07, 6.45) is 0.723. The Morgan fingerprint density at radius 3 is 2.71 bits per heavy atom. The van der Waals surface area contributed by atoms with Crippen LogP contribution in [0.4, 0.5) is 5.69 Å². The molecule has 0 atom stereocenters. The lowest BCUT2D eigenvalue weighted by molar-refractivity contribution is 0.392. The van der Waals surface area contributed by atoms with Crippen molar-refractivity contribution < 1.29 is 8.42 Å². The molecule has 7 heteroatoms. The highest BCUT2D eigenvalue weighted by molar-refractivity contribution is 9.11. The Labute approximate surface area is 136 Å². The van der Waals surface area contributed by atoms with Crippen molar-refractivity contribution in [2.45, 2.75) is 24.1 Å². The second-order valence-electron chi connectivity index (χ2n) is 5.14. The Morgan fingerprint density at radius 1 is 1.29 bits per heavy atom. The van der Waals surface area contributed by atoms with Crippen molar-refractivity contribution in [1.29, 1.82) is 0 Å². The van der Waals surface area contributed by atoms with E-state index in [1.54, 1.807) is 6.07 Å². The monoisotopic (exact) mass is 386 g/mol. The van der Waals surface area contributed by atoms with E-state index in [4.69, 9.17) is 5.73 Å². The zero-order valence-corrected chi connectivity index (χ0v) is 14.7. The fraction of sp³-hybridized carbons (Fsp3) is 0.286. The number of nitrogens with two attached hydrogens (primary N) is 1. The number of halogens is 1. The molecule has 0 radical (unpaired) electrons. The molecule has 1 aromatic heterocycles. The molecule has 0 aliphatic carbocycles. The smallest absolute Gasteiger partial charge is 0.252 e. The number of thiophene rings is 1. The summed E-state index contributed by atoms with van der Waals surface area (Å²) in [5, 5.41) is 0. The molecule has 2 aromatic rings. The minimum atomic E-state index is -3.44. The number of fused-ring (bicyclic) bond motifs is 1. The SMILES string of the molecule is Cc1cc(S(=O)(=O)N2CCc3ccc(N)cc3C2)sc1Br. The van der Waals surface area contributed by atoms with E-state index < -0.39 is 10.0 Å². The van der Waals surface area contributed by atoms with Crippen LogP contribution in [0.1, 0.15) is 16.7 Å².